The molecule has 0 bridgehead atoms. The first kappa shape index (κ1) is 15.7. The van der Waals surface area contributed by atoms with Gasteiger partial charge in [0.15, 0.2) is 14.1 Å². The van der Waals surface area contributed by atoms with Crippen molar-refractivity contribution >= 4 is 14.1 Å². The molecule has 0 radical (unpaired) electrons. The van der Waals surface area contributed by atoms with Crippen molar-refractivity contribution in [2.24, 2.45) is 0 Å². The normalized spacial score (nSPS) is 12.9. The summed E-state index contributed by atoms with van der Waals surface area (Å²) in [6.45, 7) is 6.45. The zero-order valence-electron chi connectivity index (χ0n) is 12.9. The molecule has 0 fully saturated rings. The van der Waals surface area contributed by atoms with Crippen LogP contribution in [-0.2, 0) is 4.43 Å². The third kappa shape index (κ3) is 4.96. The molecule has 21 heavy (non-hydrogen) atoms. The summed E-state index contributed by atoms with van der Waals surface area (Å²) in [5.74, 6) is 0.128. The third-order valence-electron chi connectivity index (χ3n) is 3.13. The van der Waals surface area contributed by atoms with E-state index in [9.17, 15) is 4.79 Å². The SMILES string of the molecule is C[Si](C)(C)O[C@@H](CC(=O)c1ccccc1)c1ccccc1. The molecule has 0 unspecified atom stereocenters. The minimum atomic E-state index is -1.72. The lowest BCUT2D eigenvalue weighted by atomic mass is 10.0. The second-order valence-electron chi connectivity index (χ2n) is 6.12. The highest BCUT2D eigenvalue weighted by Gasteiger charge is 2.24. The number of hydrogen-bond donors (Lipinski definition) is 0. The molecule has 2 rings (SSSR count). The van der Waals surface area contributed by atoms with Crippen molar-refractivity contribution in [3.8, 4) is 0 Å². The summed E-state index contributed by atoms with van der Waals surface area (Å²) in [6, 6.07) is 19.4. The van der Waals surface area contributed by atoms with Crippen LogP contribution in [0.15, 0.2) is 60.7 Å². The predicted octanol–water partition coefficient (Wildman–Crippen LogP) is 4.85. The maximum atomic E-state index is 12.4. The fourth-order valence-electron chi connectivity index (χ4n) is 2.23. The van der Waals surface area contributed by atoms with E-state index in [0.29, 0.717) is 6.42 Å². The number of carbonyl (C=O) groups is 1. The molecule has 0 saturated carbocycles. The van der Waals surface area contributed by atoms with Crippen LogP contribution in [0.3, 0.4) is 0 Å². The Hall–Kier alpha value is -1.71. The molecule has 3 heteroatoms. The highest BCUT2D eigenvalue weighted by Crippen LogP contribution is 2.27. The summed E-state index contributed by atoms with van der Waals surface area (Å²) < 4.78 is 6.23. The van der Waals surface area contributed by atoms with Crippen LogP contribution >= 0.6 is 0 Å². The van der Waals surface area contributed by atoms with Gasteiger partial charge in [-0.3, -0.25) is 4.79 Å². The highest BCUT2D eigenvalue weighted by molar-refractivity contribution is 6.69. The van der Waals surface area contributed by atoms with Crippen molar-refractivity contribution in [3.63, 3.8) is 0 Å². The smallest absolute Gasteiger partial charge is 0.184 e. The topological polar surface area (TPSA) is 26.3 Å². The average Bonchev–Trinajstić information content (AvgIpc) is 2.47. The van der Waals surface area contributed by atoms with Gasteiger partial charge in [0.25, 0.3) is 0 Å². The molecule has 0 heterocycles. The van der Waals surface area contributed by atoms with E-state index >= 15 is 0 Å². The van der Waals surface area contributed by atoms with E-state index < -0.39 is 8.32 Å². The first-order chi connectivity index (χ1) is 9.96. The second-order valence-corrected chi connectivity index (χ2v) is 10.6. The van der Waals surface area contributed by atoms with Crippen molar-refractivity contribution in [1.29, 1.82) is 0 Å². The molecule has 2 nitrogen and oxygen atoms in total. The summed E-state index contributed by atoms with van der Waals surface area (Å²) in [6.07, 6.45) is 0.226. The third-order valence-corrected chi connectivity index (χ3v) is 4.13. The standard InChI is InChI=1S/C18H22O2Si/c1-21(2,3)20-18(16-12-8-5-9-13-16)14-17(19)15-10-6-4-7-11-15/h4-13,18H,14H2,1-3H3/t18-/m0/s1. The van der Waals surface area contributed by atoms with E-state index in [1.54, 1.807) is 0 Å². The molecule has 0 aliphatic carbocycles. The van der Waals surface area contributed by atoms with Gasteiger partial charge in [-0.25, -0.2) is 0 Å². The summed E-state index contributed by atoms with van der Waals surface area (Å²) in [4.78, 5) is 12.4. The summed E-state index contributed by atoms with van der Waals surface area (Å²) >= 11 is 0. The van der Waals surface area contributed by atoms with Crippen molar-refractivity contribution in [3.05, 3.63) is 71.8 Å². The fraction of sp³-hybridized carbons (Fsp3) is 0.278. The summed E-state index contributed by atoms with van der Waals surface area (Å²) in [7, 11) is -1.72. The number of Topliss-reactive ketones (excluding diaryl/α,β-unsaturated/α-hetero) is 1. The Bertz CT molecular complexity index is 573. The average molecular weight is 298 g/mol. The van der Waals surface area contributed by atoms with Crippen LogP contribution in [0.4, 0.5) is 0 Å². The minimum absolute atomic E-state index is 0.128. The Morgan fingerprint density at radius 2 is 1.48 bits per heavy atom. The second kappa shape index (κ2) is 6.83. The lowest BCUT2D eigenvalue weighted by Crippen LogP contribution is -2.29. The van der Waals surface area contributed by atoms with Crippen molar-refractivity contribution in [2.75, 3.05) is 0 Å². The molecule has 0 amide bonds. The first-order valence-corrected chi connectivity index (χ1v) is 10.7. The van der Waals surface area contributed by atoms with Gasteiger partial charge < -0.3 is 4.43 Å². The molecular weight excluding hydrogens is 276 g/mol. The monoisotopic (exact) mass is 298 g/mol. The molecule has 0 saturated heterocycles. The Morgan fingerprint density at radius 3 is 2.00 bits per heavy atom. The van der Waals surface area contributed by atoms with E-state index in [2.05, 4.69) is 19.6 Å². The van der Waals surface area contributed by atoms with Gasteiger partial charge in [0.1, 0.15) is 0 Å². The lowest BCUT2D eigenvalue weighted by molar-refractivity contribution is 0.0900. The largest absolute Gasteiger partial charge is 0.410 e. The summed E-state index contributed by atoms with van der Waals surface area (Å²) in [5, 5.41) is 0. The van der Waals surface area contributed by atoms with E-state index in [-0.39, 0.29) is 11.9 Å². The van der Waals surface area contributed by atoms with E-state index in [1.807, 2.05) is 60.7 Å². The maximum absolute atomic E-state index is 12.4. The first-order valence-electron chi connectivity index (χ1n) is 7.27. The van der Waals surface area contributed by atoms with Crippen LogP contribution in [0.1, 0.15) is 28.4 Å². The van der Waals surface area contributed by atoms with Gasteiger partial charge in [0, 0.05) is 12.0 Å². The minimum Gasteiger partial charge on any atom is -0.410 e. The molecule has 0 aliphatic heterocycles. The van der Waals surface area contributed by atoms with Crippen molar-refractivity contribution < 1.29 is 9.22 Å². The van der Waals surface area contributed by atoms with Crippen molar-refractivity contribution in [1.82, 2.24) is 0 Å². The van der Waals surface area contributed by atoms with Crippen LogP contribution in [0.25, 0.3) is 0 Å². The molecule has 2 aromatic rings. The number of rotatable bonds is 6. The Labute approximate surface area is 127 Å². The Morgan fingerprint density at radius 1 is 0.952 bits per heavy atom. The highest BCUT2D eigenvalue weighted by atomic mass is 28.4. The van der Waals surface area contributed by atoms with Crippen LogP contribution in [0, 0.1) is 0 Å². The summed E-state index contributed by atoms with van der Waals surface area (Å²) in [5.41, 5.74) is 1.82. The predicted molar refractivity (Wildman–Crippen MR) is 89.0 cm³/mol. The van der Waals surface area contributed by atoms with E-state index in [4.69, 9.17) is 4.43 Å². The Balaban J connectivity index is 2.19. The molecule has 1 atom stereocenters. The zero-order chi connectivity index (χ0) is 15.3. The van der Waals surface area contributed by atoms with Gasteiger partial charge in [0.2, 0.25) is 0 Å². The van der Waals surface area contributed by atoms with Gasteiger partial charge >= 0.3 is 0 Å². The quantitative estimate of drug-likeness (QED) is 0.563. The number of benzene rings is 2. The number of carbonyl (C=O) groups excluding carboxylic acids is 1. The van der Waals surface area contributed by atoms with Crippen LogP contribution < -0.4 is 0 Å². The maximum Gasteiger partial charge on any atom is 0.184 e. The fourth-order valence-corrected chi connectivity index (χ4v) is 3.31. The molecule has 2 aromatic carbocycles. The molecule has 0 aliphatic rings. The molecule has 0 N–H and O–H groups in total. The van der Waals surface area contributed by atoms with Gasteiger partial charge in [-0.05, 0) is 25.2 Å². The van der Waals surface area contributed by atoms with Gasteiger partial charge in [-0.15, -0.1) is 0 Å². The molecule has 0 spiro atoms. The van der Waals surface area contributed by atoms with Crippen LogP contribution in [0.5, 0.6) is 0 Å². The van der Waals surface area contributed by atoms with Gasteiger partial charge in [0.05, 0.1) is 6.10 Å². The zero-order valence-corrected chi connectivity index (χ0v) is 13.9. The molecular formula is C18H22O2Si. The van der Waals surface area contributed by atoms with Gasteiger partial charge in [-0.2, -0.15) is 0 Å². The molecule has 0 aromatic heterocycles. The van der Waals surface area contributed by atoms with Crippen molar-refractivity contribution in [2.45, 2.75) is 32.2 Å². The molecule has 110 valence electrons. The number of hydrogen-bond acceptors (Lipinski definition) is 2. The van der Waals surface area contributed by atoms with Crippen LogP contribution in [0.2, 0.25) is 19.6 Å². The van der Waals surface area contributed by atoms with E-state index in [1.165, 1.54) is 0 Å². The lowest BCUT2D eigenvalue weighted by Gasteiger charge is -2.26. The van der Waals surface area contributed by atoms with Gasteiger partial charge in [-0.1, -0.05) is 60.7 Å². The number of ketones is 1. The van der Waals surface area contributed by atoms with E-state index in [0.717, 1.165) is 11.1 Å². The van der Waals surface area contributed by atoms with Crippen LogP contribution in [-0.4, -0.2) is 14.1 Å². The Kier molecular flexibility index (Phi) is 5.10.